The lowest BCUT2D eigenvalue weighted by atomic mass is 10.1. The number of hydrogen-bond acceptors (Lipinski definition) is 3. The predicted molar refractivity (Wildman–Crippen MR) is 49.9 cm³/mol. The number of ether oxygens (including phenoxy) is 2. The molecule has 13 heavy (non-hydrogen) atoms. The third-order valence-electron chi connectivity index (χ3n) is 1.79. The quantitative estimate of drug-likeness (QED) is 0.506. The highest BCUT2D eigenvalue weighted by Crippen LogP contribution is 2.44. The maximum Gasteiger partial charge on any atom is 0.231 e. The molecule has 3 nitrogen and oxygen atoms in total. The molecule has 0 saturated heterocycles. The Morgan fingerprint density at radius 3 is 2.85 bits per heavy atom. The van der Waals surface area contributed by atoms with Crippen molar-refractivity contribution >= 4 is 17.3 Å². The Morgan fingerprint density at radius 2 is 2.15 bits per heavy atom. The van der Waals surface area contributed by atoms with Gasteiger partial charge in [0.2, 0.25) is 6.79 Å². The zero-order valence-corrected chi connectivity index (χ0v) is 7.39. The van der Waals surface area contributed by atoms with Gasteiger partial charge in [0.15, 0.2) is 11.5 Å². The van der Waals surface area contributed by atoms with Crippen LogP contribution < -0.4 is 15.2 Å². The number of hydrogen-bond donors (Lipinski definition) is 1. The summed E-state index contributed by atoms with van der Waals surface area (Å²) in [5.74, 6) is 3.40. The number of halogens is 1. The van der Waals surface area contributed by atoms with E-state index in [1.165, 1.54) is 0 Å². The number of nitrogen functional groups attached to an aromatic ring is 1. The Labute approximate surface area is 80.4 Å². The van der Waals surface area contributed by atoms with Crippen LogP contribution in [0.3, 0.4) is 0 Å². The number of fused-ring (bicyclic) bond motifs is 1. The van der Waals surface area contributed by atoms with Gasteiger partial charge in [0.1, 0.15) is 0 Å². The Hall–Kier alpha value is -1.53. The van der Waals surface area contributed by atoms with E-state index in [0.29, 0.717) is 27.8 Å². The molecule has 0 bridgehead atoms. The highest BCUT2D eigenvalue weighted by Gasteiger charge is 2.22. The van der Waals surface area contributed by atoms with Crippen LogP contribution in [0.25, 0.3) is 0 Å². The fourth-order valence-electron chi connectivity index (χ4n) is 1.16. The smallest absolute Gasteiger partial charge is 0.231 e. The molecule has 1 aliphatic rings. The van der Waals surface area contributed by atoms with Gasteiger partial charge < -0.3 is 15.2 Å². The molecule has 0 aromatic heterocycles. The lowest BCUT2D eigenvalue weighted by molar-refractivity contribution is 0.174. The minimum Gasteiger partial charge on any atom is -0.452 e. The highest BCUT2D eigenvalue weighted by atomic mass is 35.5. The van der Waals surface area contributed by atoms with Crippen molar-refractivity contribution in [3.8, 4) is 23.8 Å². The molecule has 66 valence electrons. The van der Waals surface area contributed by atoms with E-state index in [1.54, 1.807) is 6.07 Å². The molecule has 0 spiro atoms. The van der Waals surface area contributed by atoms with Crippen molar-refractivity contribution in [3.63, 3.8) is 0 Å². The van der Waals surface area contributed by atoms with Crippen molar-refractivity contribution in [2.24, 2.45) is 0 Å². The fourth-order valence-corrected chi connectivity index (χ4v) is 1.36. The molecule has 0 unspecified atom stereocenters. The number of nitrogens with two attached hydrogens (primary N) is 1. The van der Waals surface area contributed by atoms with Crippen molar-refractivity contribution in [1.82, 2.24) is 0 Å². The molecule has 1 aliphatic heterocycles. The summed E-state index contributed by atoms with van der Waals surface area (Å²) in [6.45, 7) is 0.133. The minimum atomic E-state index is 0.133. The second kappa shape index (κ2) is 2.75. The molecular formula is C9H6ClNO2. The van der Waals surface area contributed by atoms with Crippen LogP contribution in [0.5, 0.6) is 11.5 Å². The van der Waals surface area contributed by atoms with Gasteiger partial charge in [-0.2, -0.15) is 0 Å². The molecule has 0 amide bonds. The van der Waals surface area contributed by atoms with Crippen LogP contribution in [0.2, 0.25) is 5.02 Å². The molecule has 0 atom stereocenters. The van der Waals surface area contributed by atoms with Crippen LogP contribution in [0.4, 0.5) is 5.69 Å². The van der Waals surface area contributed by atoms with Crippen LogP contribution in [0, 0.1) is 12.3 Å². The second-order valence-electron chi connectivity index (χ2n) is 2.53. The van der Waals surface area contributed by atoms with Crippen molar-refractivity contribution in [2.45, 2.75) is 0 Å². The molecule has 0 fully saturated rings. The van der Waals surface area contributed by atoms with Gasteiger partial charge in [0.25, 0.3) is 0 Å². The number of terminal acetylenes is 1. The number of benzene rings is 1. The maximum atomic E-state index is 5.82. The average Bonchev–Trinajstić information content (AvgIpc) is 2.60. The van der Waals surface area contributed by atoms with Crippen molar-refractivity contribution < 1.29 is 9.47 Å². The first-order chi connectivity index (χ1) is 6.24. The monoisotopic (exact) mass is 195 g/mol. The predicted octanol–water partition coefficient (Wildman–Crippen LogP) is 1.63. The largest absolute Gasteiger partial charge is 0.452 e. The van der Waals surface area contributed by atoms with Gasteiger partial charge in [-0.3, -0.25) is 0 Å². The van der Waals surface area contributed by atoms with Crippen LogP contribution in [-0.2, 0) is 0 Å². The first-order valence-electron chi connectivity index (χ1n) is 3.58. The molecule has 1 aromatic rings. The van der Waals surface area contributed by atoms with Gasteiger partial charge in [-0.25, -0.2) is 0 Å². The summed E-state index contributed by atoms with van der Waals surface area (Å²) in [6, 6.07) is 1.59. The standard InChI is InChI=1S/C9H6ClNO2/c1-2-5-3-6(10)7(11)9-8(5)12-4-13-9/h1,3H,4,11H2. The third-order valence-corrected chi connectivity index (χ3v) is 2.10. The summed E-state index contributed by atoms with van der Waals surface area (Å²) < 4.78 is 10.3. The van der Waals surface area contributed by atoms with E-state index in [9.17, 15) is 0 Å². The van der Waals surface area contributed by atoms with Gasteiger partial charge >= 0.3 is 0 Å². The van der Waals surface area contributed by atoms with Gasteiger partial charge in [0, 0.05) is 0 Å². The zero-order chi connectivity index (χ0) is 9.42. The molecule has 0 saturated carbocycles. The summed E-state index contributed by atoms with van der Waals surface area (Å²) in [4.78, 5) is 0. The fraction of sp³-hybridized carbons (Fsp3) is 0.111. The Kier molecular flexibility index (Phi) is 1.71. The van der Waals surface area contributed by atoms with E-state index in [4.69, 9.17) is 33.2 Å². The van der Waals surface area contributed by atoms with E-state index in [2.05, 4.69) is 5.92 Å². The van der Waals surface area contributed by atoms with Crippen molar-refractivity contribution in [1.29, 1.82) is 0 Å². The molecule has 1 heterocycles. The van der Waals surface area contributed by atoms with E-state index >= 15 is 0 Å². The first kappa shape index (κ1) is 8.09. The molecule has 0 aliphatic carbocycles. The van der Waals surface area contributed by atoms with Gasteiger partial charge in [-0.15, -0.1) is 6.42 Å². The van der Waals surface area contributed by atoms with E-state index in [1.807, 2.05) is 0 Å². The first-order valence-corrected chi connectivity index (χ1v) is 3.96. The van der Waals surface area contributed by atoms with Crippen molar-refractivity contribution in [2.75, 3.05) is 12.5 Å². The maximum absolute atomic E-state index is 5.82. The number of rotatable bonds is 0. The molecule has 1 aromatic carbocycles. The molecule has 0 radical (unpaired) electrons. The Morgan fingerprint density at radius 1 is 1.46 bits per heavy atom. The Bertz CT molecular complexity index is 409. The van der Waals surface area contributed by atoms with E-state index in [0.717, 1.165) is 0 Å². The highest BCUT2D eigenvalue weighted by molar-refractivity contribution is 6.33. The van der Waals surface area contributed by atoms with Crippen LogP contribution in [0.1, 0.15) is 5.56 Å². The van der Waals surface area contributed by atoms with E-state index in [-0.39, 0.29) is 6.79 Å². The second-order valence-corrected chi connectivity index (χ2v) is 2.94. The summed E-state index contributed by atoms with van der Waals surface area (Å²) in [7, 11) is 0. The third kappa shape index (κ3) is 1.07. The van der Waals surface area contributed by atoms with Crippen LogP contribution in [-0.4, -0.2) is 6.79 Å². The summed E-state index contributed by atoms with van der Waals surface area (Å²) in [6.07, 6.45) is 5.26. The van der Waals surface area contributed by atoms with Crippen LogP contribution in [0.15, 0.2) is 6.07 Å². The Balaban J connectivity index is 2.73. The molecule has 2 N–H and O–H groups in total. The zero-order valence-electron chi connectivity index (χ0n) is 6.63. The number of anilines is 1. The van der Waals surface area contributed by atoms with Gasteiger partial charge in [-0.05, 0) is 6.07 Å². The van der Waals surface area contributed by atoms with Gasteiger partial charge in [-0.1, -0.05) is 17.5 Å². The molecule has 4 heteroatoms. The lowest BCUT2D eigenvalue weighted by Gasteiger charge is -2.04. The van der Waals surface area contributed by atoms with Gasteiger partial charge in [0.05, 0.1) is 16.3 Å². The molecule has 2 rings (SSSR count). The van der Waals surface area contributed by atoms with Crippen LogP contribution >= 0.6 is 11.6 Å². The molecular weight excluding hydrogens is 190 g/mol. The normalized spacial score (nSPS) is 12.6. The summed E-state index contributed by atoms with van der Waals surface area (Å²) >= 11 is 5.82. The minimum absolute atomic E-state index is 0.133. The average molecular weight is 196 g/mol. The summed E-state index contributed by atoms with van der Waals surface area (Å²) in [5, 5.41) is 0.386. The summed E-state index contributed by atoms with van der Waals surface area (Å²) in [5.41, 5.74) is 6.58. The SMILES string of the molecule is C#Cc1cc(Cl)c(N)c2c1OCO2. The topological polar surface area (TPSA) is 44.5 Å². The van der Waals surface area contributed by atoms with Crippen molar-refractivity contribution in [3.05, 3.63) is 16.7 Å². The lowest BCUT2D eigenvalue weighted by Crippen LogP contribution is -1.94. The van der Waals surface area contributed by atoms with E-state index < -0.39 is 0 Å².